The van der Waals surface area contributed by atoms with Gasteiger partial charge in [-0.2, -0.15) is 11.8 Å². The first-order valence-electron chi connectivity index (χ1n) is 6.44. The minimum atomic E-state index is -0.946. The van der Waals surface area contributed by atoms with Crippen molar-refractivity contribution >= 4 is 23.8 Å². The fourth-order valence-electron chi connectivity index (χ4n) is 1.44. The van der Waals surface area contributed by atoms with E-state index in [1.165, 1.54) is 18.6 Å². The average Bonchev–Trinajstić information content (AvgIpc) is 2.41. The second-order valence-electron chi connectivity index (χ2n) is 4.06. The summed E-state index contributed by atoms with van der Waals surface area (Å²) in [5, 5.41) is 8.57. The highest BCUT2D eigenvalue weighted by atomic mass is 32.2. The van der Waals surface area contributed by atoms with Crippen LogP contribution in [0.4, 0.5) is 0 Å². The van der Waals surface area contributed by atoms with E-state index in [4.69, 9.17) is 9.84 Å². The summed E-state index contributed by atoms with van der Waals surface area (Å²) in [5.41, 5.74) is 0.832. The lowest BCUT2D eigenvalue weighted by molar-refractivity contribution is -0.131. The number of carbonyl (C=O) groups is 1. The van der Waals surface area contributed by atoms with Gasteiger partial charge in [-0.15, -0.1) is 0 Å². The number of hydrogen-bond acceptors (Lipinski definition) is 3. The molecule has 1 N–H and O–H groups in total. The Kier molecular flexibility index (Phi) is 7.82. The molecule has 0 bridgehead atoms. The second kappa shape index (κ2) is 9.50. The highest BCUT2D eigenvalue weighted by Gasteiger charge is 1.96. The Bertz CT molecular complexity index is 416. The lowest BCUT2D eigenvalue weighted by Gasteiger charge is -2.06. The number of thioether (sulfide) groups is 1. The number of aliphatic carboxylic acids is 1. The van der Waals surface area contributed by atoms with Gasteiger partial charge in [0.1, 0.15) is 5.75 Å². The van der Waals surface area contributed by atoms with Gasteiger partial charge in [-0.05, 0) is 35.9 Å². The summed E-state index contributed by atoms with van der Waals surface area (Å²) in [6.45, 7) is 2.87. The fraction of sp³-hybridized carbons (Fsp3) is 0.400. The van der Waals surface area contributed by atoms with Crippen molar-refractivity contribution in [2.45, 2.75) is 19.8 Å². The Labute approximate surface area is 118 Å². The summed E-state index contributed by atoms with van der Waals surface area (Å²) in [4.78, 5) is 10.4. The molecule has 0 atom stereocenters. The van der Waals surface area contributed by atoms with Gasteiger partial charge in [-0.25, -0.2) is 4.79 Å². The molecule has 0 unspecified atom stereocenters. The first-order chi connectivity index (χ1) is 9.22. The molecule has 1 rings (SSSR count). The molecule has 1 aromatic rings. The number of carboxylic acid groups (broad SMARTS) is 1. The summed E-state index contributed by atoms with van der Waals surface area (Å²) >= 11 is 1.90. The van der Waals surface area contributed by atoms with E-state index in [9.17, 15) is 4.79 Å². The smallest absolute Gasteiger partial charge is 0.328 e. The molecule has 4 heteroatoms. The summed E-state index contributed by atoms with van der Waals surface area (Å²) < 4.78 is 5.63. The predicted molar refractivity (Wildman–Crippen MR) is 80.8 cm³/mol. The van der Waals surface area contributed by atoms with Crippen molar-refractivity contribution in [1.82, 2.24) is 0 Å². The van der Waals surface area contributed by atoms with E-state index >= 15 is 0 Å². The topological polar surface area (TPSA) is 46.5 Å². The minimum absolute atomic E-state index is 0.681. The summed E-state index contributed by atoms with van der Waals surface area (Å²) in [6.07, 6.45) is 5.16. The van der Waals surface area contributed by atoms with Gasteiger partial charge in [0, 0.05) is 11.8 Å². The maximum atomic E-state index is 10.4. The van der Waals surface area contributed by atoms with Crippen molar-refractivity contribution in [2.75, 3.05) is 18.1 Å². The first-order valence-corrected chi connectivity index (χ1v) is 7.59. The third-order valence-corrected chi connectivity index (χ3v) is 3.45. The quantitative estimate of drug-likeness (QED) is 0.553. The molecule has 0 aliphatic heterocycles. The van der Waals surface area contributed by atoms with Crippen LogP contribution in [0.5, 0.6) is 5.75 Å². The molecular weight excluding hydrogens is 260 g/mol. The van der Waals surface area contributed by atoms with Crippen LogP contribution in [0, 0.1) is 0 Å². The van der Waals surface area contributed by atoms with Crippen LogP contribution in [0.3, 0.4) is 0 Å². The zero-order valence-corrected chi connectivity index (χ0v) is 12.0. The monoisotopic (exact) mass is 280 g/mol. The van der Waals surface area contributed by atoms with Crippen molar-refractivity contribution in [2.24, 2.45) is 0 Å². The van der Waals surface area contributed by atoms with Gasteiger partial charge in [0.15, 0.2) is 0 Å². The summed E-state index contributed by atoms with van der Waals surface area (Å²) in [5.74, 6) is 2.00. The van der Waals surface area contributed by atoms with E-state index in [2.05, 4.69) is 6.92 Å². The van der Waals surface area contributed by atoms with Crippen LogP contribution in [0.1, 0.15) is 25.3 Å². The molecule has 0 saturated heterocycles. The molecule has 19 heavy (non-hydrogen) atoms. The Morgan fingerprint density at radius 2 is 2.26 bits per heavy atom. The zero-order chi connectivity index (χ0) is 13.9. The van der Waals surface area contributed by atoms with Crippen LogP contribution in [0.25, 0.3) is 6.08 Å². The van der Waals surface area contributed by atoms with E-state index in [0.717, 1.165) is 23.1 Å². The van der Waals surface area contributed by atoms with Gasteiger partial charge in [0.25, 0.3) is 0 Å². The molecule has 104 valence electrons. The van der Waals surface area contributed by atoms with Gasteiger partial charge >= 0.3 is 5.97 Å². The van der Waals surface area contributed by atoms with Crippen LogP contribution < -0.4 is 4.74 Å². The van der Waals surface area contributed by atoms with E-state index in [1.807, 2.05) is 36.0 Å². The van der Waals surface area contributed by atoms with Crippen LogP contribution in [0.15, 0.2) is 30.3 Å². The van der Waals surface area contributed by atoms with Gasteiger partial charge in [0.05, 0.1) is 6.61 Å². The lowest BCUT2D eigenvalue weighted by atomic mass is 10.2. The third kappa shape index (κ3) is 7.57. The molecule has 0 aliphatic rings. The van der Waals surface area contributed by atoms with Gasteiger partial charge in [-0.1, -0.05) is 25.5 Å². The summed E-state index contributed by atoms with van der Waals surface area (Å²) in [6, 6.07) is 7.44. The van der Waals surface area contributed by atoms with Crippen molar-refractivity contribution < 1.29 is 14.6 Å². The number of hydrogen-bond donors (Lipinski definition) is 1. The van der Waals surface area contributed by atoms with Gasteiger partial charge in [-0.3, -0.25) is 0 Å². The molecule has 0 spiro atoms. The molecule has 0 heterocycles. The highest BCUT2D eigenvalue weighted by Crippen LogP contribution is 2.15. The van der Waals surface area contributed by atoms with Crippen LogP contribution >= 0.6 is 11.8 Å². The van der Waals surface area contributed by atoms with Crippen LogP contribution in [-0.2, 0) is 4.79 Å². The van der Waals surface area contributed by atoms with E-state index in [-0.39, 0.29) is 0 Å². The van der Waals surface area contributed by atoms with Gasteiger partial charge in [0.2, 0.25) is 0 Å². The highest BCUT2D eigenvalue weighted by molar-refractivity contribution is 7.99. The summed E-state index contributed by atoms with van der Waals surface area (Å²) in [7, 11) is 0. The molecule has 0 aliphatic carbocycles. The Morgan fingerprint density at radius 1 is 1.42 bits per heavy atom. The number of rotatable bonds is 9. The second-order valence-corrected chi connectivity index (χ2v) is 5.28. The molecule has 3 nitrogen and oxygen atoms in total. The standard InChI is InChI=1S/C15H20O3S/c1-2-3-10-19-11-9-18-14-6-4-5-13(12-14)7-8-15(16)17/h4-8,12H,2-3,9-11H2,1H3,(H,16,17). The maximum absolute atomic E-state index is 10.4. The molecule has 0 amide bonds. The zero-order valence-electron chi connectivity index (χ0n) is 11.2. The van der Waals surface area contributed by atoms with Crippen molar-refractivity contribution in [3.63, 3.8) is 0 Å². The Morgan fingerprint density at radius 3 is 3.00 bits per heavy atom. The SMILES string of the molecule is CCCCSCCOc1cccc(C=CC(=O)O)c1. The number of carboxylic acids is 1. The van der Waals surface area contributed by atoms with Crippen LogP contribution in [0.2, 0.25) is 0 Å². The van der Waals surface area contributed by atoms with Crippen molar-refractivity contribution in [1.29, 1.82) is 0 Å². The Hall–Kier alpha value is -1.42. The molecular formula is C15H20O3S. The van der Waals surface area contributed by atoms with E-state index < -0.39 is 5.97 Å². The van der Waals surface area contributed by atoms with Gasteiger partial charge < -0.3 is 9.84 Å². The number of benzene rings is 1. The number of unbranched alkanes of at least 4 members (excludes halogenated alkanes) is 1. The molecule has 0 fully saturated rings. The first kappa shape index (κ1) is 15.6. The lowest BCUT2D eigenvalue weighted by Crippen LogP contribution is -2.00. The molecule has 0 radical (unpaired) electrons. The van der Waals surface area contributed by atoms with E-state index in [0.29, 0.717) is 6.61 Å². The normalized spacial score (nSPS) is 10.8. The largest absolute Gasteiger partial charge is 0.493 e. The average molecular weight is 280 g/mol. The fourth-order valence-corrected chi connectivity index (χ4v) is 2.34. The van der Waals surface area contributed by atoms with E-state index in [1.54, 1.807) is 6.08 Å². The van der Waals surface area contributed by atoms with Crippen LogP contribution in [-0.4, -0.2) is 29.2 Å². The maximum Gasteiger partial charge on any atom is 0.328 e. The van der Waals surface area contributed by atoms with Crippen molar-refractivity contribution in [3.05, 3.63) is 35.9 Å². The minimum Gasteiger partial charge on any atom is -0.493 e. The predicted octanol–water partition coefficient (Wildman–Crippen LogP) is 3.70. The van der Waals surface area contributed by atoms with Crippen molar-refractivity contribution in [3.8, 4) is 5.75 Å². The molecule has 0 aromatic heterocycles. The molecule has 0 saturated carbocycles. The Balaban J connectivity index is 2.34. The third-order valence-electron chi connectivity index (χ3n) is 2.42. The number of ether oxygens (including phenoxy) is 1. The molecule has 1 aromatic carbocycles.